The van der Waals surface area contributed by atoms with Crippen LogP contribution < -0.4 is 10.6 Å². The molecule has 2 N–H and O–H groups in total. The van der Waals surface area contributed by atoms with Crippen molar-refractivity contribution in [3.8, 4) is 0 Å². The maximum absolute atomic E-state index is 12.4. The molecule has 2 aliphatic heterocycles. The van der Waals surface area contributed by atoms with Crippen LogP contribution in [0.25, 0.3) is 0 Å². The Hall–Kier alpha value is -1.53. The topological polar surface area (TPSA) is 61.4 Å². The third-order valence-corrected chi connectivity index (χ3v) is 5.78. The zero-order valence-corrected chi connectivity index (χ0v) is 15.0. The number of likely N-dealkylation sites (tertiary alicyclic amines) is 1. The van der Waals surface area contributed by atoms with Crippen LogP contribution in [0, 0.1) is 5.92 Å². The number of nitrogens with zero attached hydrogens (tertiary/aromatic N) is 1. The van der Waals surface area contributed by atoms with E-state index in [1.807, 2.05) is 12.1 Å². The molecule has 130 valence electrons. The summed E-state index contributed by atoms with van der Waals surface area (Å²) < 4.78 is 0. The van der Waals surface area contributed by atoms with Crippen LogP contribution in [0.1, 0.15) is 36.5 Å². The molecular formula is C18H25N3O2S. The Morgan fingerprint density at radius 2 is 2.33 bits per heavy atom. The largest absolute Gasteiger partial charge is 0.352 e. The first kappa shape index (κ1) is 17.3. The molecule has 0 saturated carbocycles. The predicted molar refractivity (Wildman–Crippen MR) is 97.6 cm³/mol. The average Bonchev–Trinajstić information content (AvgIpc) is 2.79. The maximum atomic E-state index is 12.4. The lowest BCUT2D eigenvalue weighted by Gasteiger charge is -2.31. The number of thioether (sulfide) groups is 1. The normalized spacial score (nSPS) is 21.5. The van der Waals surface area contributed by atoms with E-state index >= 15 is 0 Å². The Morgan fingerprint density at radius 1 is 1.46 bits per heavy atom. The van der Waals surface area contributed by atoms with Gasteiger partial charge in [-0.25, -0.2) is 0 Å². The molecule has 1 aromatic rings. The van der Waals surface area contributed by atoms with Crippen LogP contribution in [-0.4, -0.2) is 48.6 Å². The van der Waals surface area contributed by atoms with Gasteiger partial charge in [0.05, 0.1) is 5.69 Å². The third-order valence-electron chi connectivity index (χ3n) is 4.70. The summed E-state index contributed by atoms with van der Waals surface area (Å²) >= 11 is 1.65. The highest BCUT2D eigenvalue weighted by Gasteiger charge is 2.20. The van der Waals surface area contributed by atoms with E-state index in [1.165, 1.54) is 19.4 Å². The van der Waals surface area contributed by atoms with Crippen molar-refractivity contribution in [3.05, 3.63) is 23.8 Å². The van der Waals surface area contributed by atoms with Gasteiger partial charge in [-0.15, -0.1) is 11.8 Å². The molecule has 1 atom stereocenters. The number of anilines is 1. The maximum Gasteiger partial charge on any atom is 0.251 e. The molecule has 0 aromatic heterocycles. The van der Waals surface area contributed by atoms with Gasteiger partial charge in [0.25, 0.3) is 5.91 Å². The summed E-state index contributed by atoms with van der Waals surface area (Å²) in [6, 6.07) is 5.57. The van der Waals surface area contributed by atoms with Gasteiger partial charge in [0.15, 0.2) is 0 Å². The van der Waals surface area contributed by atoms with E-state index in [0.29, 0.717) is 24.4 Å². The number of hydrogen-bond acceptors (Lipinski definition) is 4. The lowest BCUT2D eigenvalue weighted by Crippen LogP contribution is -2.40. The molecule has 5 nitrogen and oxygen atoms in total. The van der Waals surface area contributed by atoms with Gasteiger partial charge in [-0.1, -0.05) is 6.92 Å². The number of benzene rings is 1. The van der Waals surface area contributed by atoms with Gasteiger partial charge in [-0.2, -0.15) is 0 Å². The highest BCUT2D eigenvalue weighted by atomic mass is 32.2. The fraction of sp³-hybridized carbons (Fsp3) is 0.556. The molecule has 1 saturated heterocycles. The Morgan fingerprint density at radius 3 is 3.17 bits per heavy atom. The summed E-state index contributed by atoms with van der Waals surface area (Å²) in [5.41, 5.74) is 1.37. The van der Waals surface area contributed by atoms with Crippen molar-refractivity contribution in [3.63, 3.8) is 0 Å². The van der Waals surface area contributed by atoms with Crippen molar-refractivity contribution >= 4 is 29.3 Å². The van der Waals surface area contributed by atoms with Gasteiger partial charge in [0, 0.05) is 35.7 Å². The molecule has 0 aliphatic carbocycles. The Kier molecular flexibility index (Phi) is 5.79. The Labute approximate surface area is 147 Å². The van der Waals surface area contributed by atoms with Gasteiger partial charge >= 0.3 is 0 Å². The highest BCUT2D eigenvalue weighted by molar-refractivity contribution is 7.99. The van der Waals surface area contributed by atoms with Crippen molar-refractivity contribution in [1.29, 1.82) is 0 Å². The molecule has 0 unspecified atom stereocenters. The first-order valence-electron chi connectivity index (χ1n) is 8.73. The molecule has 2 amide bonds. The van der Waals surface area contributed by atoms with E-state index in [0.717, 1.165) is 29.4 Å². The zero-order valence-electron chi connectivity index (χ0n) is 14.1. The molecule has 3 rings (SSSR count). The molecule has 0 bridgehead atoms. The second-order valence-electron chi connectivity index (χ2n) is 6.47. The lowest BCUT2D eigenvalue weighted by molar-refractivity contribution is -0.115. The highest BCUT2D eigenvalue weighted by Crippen LogP contribution is 2.31. The fourth-order valence-electron chi connectivity index (χ4n) is 3.31. The third kappa shape index (κ3) is 4.30. The monoisotopic (exact) mass is 347 g/mol. The number of amides is 2. The van der Waals surface area contributed by atoms with Crippen molar-refractivity contribution in [2.75, 3.05) is 37.2 Å². The number of carbonyl (C=O) groups is 2. The lowest BCUT2D eigenvalue weighted by atomic mass is 9.98. The van der Waals surface area contributed by atoms with Crippen LogP contribution in [0.5, 0.6) is 0 Å². The van der Waals surface area contributed by atoms with Gasteiger partial charge in [-0.3, -0.25) is 9.59 Å². The summed E-state index contributed by atoms with van der Waals surface area (Å²) in [7, 11) is 0. The summed E-state index contributed by atoms with van der Waals surface area (Å²) in [6.45, 7) is 6.21. The molecular weight excluding hydrogens is 322 g/mol. The molecule has 0 spiro atoms. The minimum Gasteiger partial charge on any atom is -0.352 e. The SMILES string of the molecule is CCN1CCC[C@@H](CNC(=O)c2ccc3c(c2)NC(=O)CCS3)C1. The number of carbonyl (C=O) groups excluding carboxylic acids is 2. The molecule has 2 heterocycles. The Bertz CT molecular complexity index is 620. The van der Waals surface area contributed by atoms with Crippen LogP contribution in [0.3, 0.4) is 0 Å². The molecule has 1 fully saturated rings. The first-order valence-corrected chi connectivity index (χ1v) is 9.71. The summed E-state index contributed by atoms with van der Waals surface area (Å²) in [6.07, 6.45) is 2.89. The molecule has 1 aromatic carbocycles. The quantitative estimate of drug-likeness (QED) is 0.879. The minimum absolute atomic E-state index is 0.0145. The summed E-state index contributed by atoms with van der Waals surface area (Å²) in [5, 5.41) is 5.95. The van der Waals surface area contributed by atoms with Crippen LogP contribution in [0.4, 0.5) is 5.69 Å². The predicted octanol–water partition coefficient (Wildman–Crippen LogP) is 2.58. The van der Waals surface area contributed by atoms with Crippen LogP contribution in [0.2, 0.25) is 0 Å². The Balaban J connectivity index is 1.60. The van der Waals surface area contributed by atoms with Crippen LogP contribution in [-0.2, 0) is 4.79 Å². The van der Waals surface area contributed by atoms with Gasteiger partial charge in [0.1, 0.15) is 0 Å². The fourth-order valence-corrected chi connectivity index (χ4v) is 4.24. The van der Waals surface area contributed by atoms with E-state index in [-0.39, 0.29) is 11.8 Å². The van der Waals surface area contributed by atoms with Crippen molar-refractivity contribution < 1.29 is 9.59 Å². The van der Waals surface area contributed by atoms with E-state index in [2.05, 4.69) is 22.5 Å². The number of nitrogens with one attached hydrogen (secondary N) is 2. The molecule has 6 heteroatoms. The number of hydrogen-bond donors (Lipinski definition) is 2. The molecule has 2 aliphatic rings. The molecule has 24 heavy (non-hydrogen) atoms. The van der Waals surface area contributed by atoms with Crippen molar-refractivity contribution in [1.82, 2.24) is 10.2 Å². The van der Waals surface area contributed by atoms with E-state index in [9.17, 15) is 9.59 Å². The van der Waals surface area contributed by atoms with E-state index in [1.54, 1.807) is 17.8 Å². The summed E-state index contributed by atoms with van der Waals surface area (Å²) in [5.74, 6) is 1.26. The average molecular weight is 347 g/mol. The standard InChI is InChI=1S/C18H25N3O2S/c1-2-21-8-3-4-13(12-21)11-19-18(23)14-5-6-16-15(10-14)20-17(22)7-9-24-16/h5-6,10,13H,2-4,7-9,11-12H2,1H3,(H,19,23)(H,20,22)/t13-/m0/s1. The molecule has 0 radical (unpaired) electrons. The smallest absolute Gasteiger partial charge is 0.251 e. The van der Waals surface area contributed by atoms with Gasteiger partial charge < -0.3 is 15.5 Å². The van der Waals surface area contributed by atoms with Crippen molar-refractivity contribution in [2.24, 2.45) is 5.92 Å². The number of fused-ring (bicyclic) bond motifs is 1. The van der Waals surface area contributed by atoms with Crippen molar-refractivity contribution in [2.45, 2.75) is 31.1 Å². The van der Waals surface area contributed by atoms with Crippen LogP contribution >= 0.6 is 11.8 Å². The van der Waals surface area contributed by atoms with Gasteiger partial charge in [-0.05, 0) is 50.0 Å². The van der Waals surface area contributed by atoms with Crippen LogP contribution in [0.15, 0.2) is 23.1 Å². The first-order chi connectivity index (χ1) is 11.7. The zero-order chi connectivity index (χ0) is 16.9. The minimum atomic E-state index is -0.0603. The van der Waals surface area contributed by atoms with E-state index in [4.69, 9.17) is 0 Å². The van der Waals surface area contributed by atoms with E-state index < -0.39 is 0 Å². The number of rotatable bonds is 4. The van der Waals surface area contributed by atoms with Gasteiger partial charge in [0.2, 0.25) is 5.91 Å². The second-order valence-corrected chi connectivity index (χ2v) is 7.61. The number of piperidine rings is 1. The summed E-state index contributed by atoms with van der Waals surface area (Å²) in [4.78, 5) is 27.6. The second kappa shape index (κ2) is 8.03.